The van der Waals surface area contributed by atoms with E-state index in [0.717, 1.165) is 10.6 Å². The number of carbonyl (C=O) groups is 1. The van der Waals surface area contributed by atoms with Crippen LogP contribution in [-0.2, 0) is 5.75 Å². The molecule has 0 atom stereocenters. The second-order valence-electron chi connectivity index (χ2n) is 4.83. The van der Waals surface area contributed by atoms with Crippen molar-refractivity contribution >= 4 is 17.7 Å². The van der Waals surface area contributed by atoms with Gasteiger partial charge in [0.25, 0.3) is 5.91 Å². The molecule has 128 valence electrons. The van der Waals surface area contributed by atoms with Gasteiger partial charge in [0.2, 0.25) is 0 Å². The van der Waals surface area contributed by atoms with E-state index in [4.69, 9.17) is 5.21 Å². The first-order chi connectivity index (χ1) is 12.2. The summed E-state index contributed by atoms with van der Waals surface area (Å²) in [5, 5.41) is 16.9. The smallest absolute Gasteiger partial charge is 0.274 e. The summed E-state index contributed by atoms with van der Waals surface area (Å²) in [5.41, 5.74) is 3.42. The van der Waals surface area contributed by atoms with E-state index in [2.05, 4.69) is 23.5 Å². The number of nitrogens with zero attached hydrogens (tertiary/aromatic N) is 3. The third kappa shape index (κ3) is 5.30. The zero-order chi connectivity index (χ0) is 18.1. The van der Waals surface area contributed by atoms with E-state index in [0.29, 0.717) is 17.0 Å². The van der Waals surface area contributed by atoms with Crippen molar-refractivity contribution in [3.8, 4) is 5.69 Å². The highest BCUT2D eigenvalue weighted by Gasteiger charge is 2.08. The molecule has 0 bridgehead atoms. The Kier molecular flexibility index (Phi) is 6.94. The number of thioether (sulfide) groups is 1. The fourth-order valence-corrected chi connectivity index (χ4v) is 2.75. The lowest BCUT2D eigenvalue weighted by Gasteiger charge is -2.03. The fourth-order valence-electron chi connectivity index (χ4n) is 1.93. The second kappa shape index (κ2) is 9.41. The molecule has 0 unspecified atom stereocenters. The summed E-state index contributed by atoms with van der Waals surface area (Å²) in [6, 6.07) is 6.73. The van der Waals surface area contributed by atoms with E-state index in [1.54, 1.807) is 64.5 Å². The monoisotopic (exact) mass is 354 g/mol. The average molecular weight is 354 g/mol. The predicted octanol–water partition coefficient (Wildman–Crippen LogP) is 3.43. The molecule has 2 N–H and O–H groups in total. The molecule has 0 saturated heterocycles. The number of rotatable bonds is 8. The average Bonchev–Trinajstić information content (AvgIpc) is 3.12. The van der Waals surface area contributed by atoms with Crippen molar-refractivity contribution in [1.29, 1.82) is 0 Å². The van der Waals surface area contributed by atoms with Gasteiger partial charge in [-0.3, -0.25) is 10.0 Å². The summed E-state index contributed by atoms with van der Waals surface area (Å²) in [7, 11) is 0. The molecule has 2 aromatic rings. The van der Waals surface area contributed by atoms with E-state index in [-0.39, 0.29) is 0 Å². The maximum atomic E-state index is 11.5. The van der Waals surface area contributed by atoms with Crippen LogP contribution in [-0.4, -0.2) is 26.1 Å². The van der Waals surface area contributed by atoms with E-state index in [9.17, 15) is 4.79 Å². The van der Waals surface area contributed by atoms with Crippen LogP contribution in [0.15, 0.2) is 78.9 Å². The molecule has 1 amide bonds. The van der Waals surface area contributed by atoms with Crippen molar-refractivity contribution < 1.29 is 10.0 Å². The molecule has 0 saturated carbocycles. The third-order valence-corrected chi connectivity index (χ3v) is 4.13. The Morgan fingerprint density at radius 1 is 1.36 bits per heavy atom. The topological polar surface area (TPSA) is 80.0 Å². The van der Waals surface area contributed by atoms with Crippen LogP contribution < -0.4 is 5.48 Å². The summed E-state index contributed by atoms with van der Waals surface area (Å²) in [6.07, 6.45) is 10.9. The number of aromatic nitrogens is 3. The minimum Gasteiger partial charge on any atom is -0.288 e. The first-order valence-electron chi connectivity index (χ1n) is 7.38. The van der Waals surface area contributed by atoms with Crippen LogP contribution in [0.2, 0.25) is 0 Å². The zero-order valence-electron chi connectivity index (χ0n) is 13.5. The number of hydroxylamine groups is 1. The van der Waals surface area contributed by atoms with Gasteiger partial charge in [-0.1, -0.05) is 42.7 Å². The highest BCUT2D eigenvalue weighted by molar-refractivity contribution is 8.02. The quantitative estimate of drug-likeness (QED) is 0.431. The van der Waals surface area contributed by atoms with Crippen molar-refractivity contribution in [2.75, 3.05) is 0 Å². The van der Waals surface area contributed by atoms with Crippen LogP contribution in [0.5, 0.6) is 0 Å². The molecule has 7 heteroatoms. The minimum absolute atomic E-state index is 0.331. The van der Waals surface area contributed by atoms with Gasteiger partial charge in [-0.05, 0) is 30.4 Å². The van der Waals surface area contributed by atoms with Crippen molar-refractivity contribution in [2.45, 2.75) is 5.75 Å². The number of allylic oxidation sites excluding steroid dienone is 5. The molecule has 0 aliphatic rings. The Hall–Kier alpha value is -2.90. The molecule has 2 rings (SSSR count). The van der Waals surface area contributed by atoms with Gasteiger partial charge in [0.15, 0.2) is 0 Å². The molecular weight excluding hydrogens is 336 g/mol. The number of nitrogens with one attached hydrogen (secondary N) is 1. The normalized spacial score (nSPS) is 11.5. The van der Waals surface area contributed by atoms with Crippen molar-refractivity contribution in [2.24, 2.45) is 0 Å². The molecule has 1 aromatic carbocycles. The number of carbonyl (C=O) groups excluding carboxylic acids is 1. The van der Waals surface area contributed by atoms with E-state index in [1.165, 1.54) is 0 Å². The third-order valence-electron chi connectivity index (χ3n) is 3.08. The highest BCUT2D eigenvalue weighted by atomic mass is 32.2. The van der Waals surface area contributed by atoms with Crippen molar-refractivity contribution in [3.05, 3.63) is 90.2 Å². The van der Waals surface area contributed by atoms with Gasteiger partial charge in [0.1, 0.15) is 0 Å². The first-order valence-corrected chi connectivity index (χ1v) is 8.37. The van der Waals surface area contributed by atoms with E-state index < -0.39 is 5.91 Å². The van der Waals surface area contributed by atoms with E-state index >= 15 is 0 Å². The molecule has 1 aromatic heterocycles. The van der Waals surface area contributed by atoms with Crippen LogP contribution in [0.25, 0.3) is 5.69 Å². The van der Waals surface area contributed by atoms with Gasteiger partial charge in [0.05, 0.1) is 17.6 Å². The molecule has 25 heavy (non-hydrogen) atoms. The molecular formula is C18H18N4O2S. The van der Waals surface area contributed by atoms with Crippen molar-refractivity contribution in [1.82, 2.24) is 20.5 Å². The van der Waals surface area contributed by atoms with Crippen LogP contribution in [0.4, 0.5) is 0 Å². The highest BCUT2D eigenvalue weighted by Crippen LogP contribution is 2.22. The Labute approximate surface area is 150 Å². The van der Waals surface area contributed by atoms with Gasteiger partial charge in [-0.25, -0.2) is 10.2 Å². The summed E-state index contributed by atoms with van der Waals surface area (Å²) >= 11 is 1.60. The maximum absolute atomic E-state index is 11.5. The van der Waals surface area contributed by atoms with Gasteiger partial charge < -0.3 is 0 Å². The van der Waals surface area contributed by atoms with Gasteiger partial charge >= 0.3 is 0 Å². The Balaban J connectivity index is 2.11. The fraction of sp³-hybridized carbons (Fsp3) is 0.0556. The number of benzene rings is 1. The van der Waals surface area contributed by atoms with Gasteiger partial charge in [-0.15, -0.1) is 16.9 Å². The molecule has 6 nitrogen and oxygen atoms in total. The summed E-state index contributed by atoms with van der Waals surface area (Å²) in [6.45, 7) is 7.36. The van der Waals surface area contributed by atoms with E-state index in [1.807, 2.05) is 18.2 Å². The van der Waals surface area contributed by atoms with Gasteiger partial charge in [-0.2, -0.15) is 0 Å². The lowest BCUT2D eigenvalue weighted by molar-refractivity contribution is 0.0706. The van der Waals surface area contributed by atoms with Crippen LogP contribution >= 0.6 is 11.8 Å². The Morgan fingerprint density at radius 2 is 2.20 bits per heavy atom. The second-order valence-corrected chi connectivity index (χ2v) is 5.88. The summed E-state index contributed by atoms with van der Waals surface area (Å²) in [5.74, 6) is 0.0591. The zero-order valence-corrected chi connectivity index (χ0v) is 14.3. The molecule has 0 radical (unpaired) electrons. The molecule has 0 spiro atoms. The summed E-state index contributed by atoms with van der Waals surface area (Å²) < 4.78 is 1.58. The first kappa shape index (κ1) is 18.4. The lowest BCUT2D eigenvalue weighted by atomic mass is 10.2. The molecule has 0 fully saturated rings. The lowest BCUT2D eigenvalue weighted by Crippen LogP contribution is -2.18. The summed E-state index contributed by atoms with van der Waals surface area (Å²) in [4.78, 5) is 12.5. The minimum atomic E-state index is -0.578. The SMILES string of the molecule is C=C/C=C\C(=C/C=C)SCc1cn(-c2cccc(C(=O)NO)c2)nn1. The molecule has 1 heterocycles. The van der Waals surface area contributed by atoms with Crippen molar-refractivity contribution in [3.63, 3.8) is 0 Å². The van der Waals surface area contributed by atoms with Gasteiger partial charge in [0, 0.05) is 16.2 Å². The predicted molar refractivity (Wildman–Crippen MR) is 99.5 cm³/mol. The number of amides is 1. The van der Waals surface area contributed by atoms with Crippen LogP contribution in [0.1, 0.15) is 16.1 Å². The van der Waals surface area contributed by atoms with Crippen LogP contribution in [0.3, 0.4) is 0 Å². The largest absolute Gasteiger partial charge is 0.288 e. The standard InChI is InChI=1S/C18H18N4O2S/c1-3-5-10-17(7-4-2)25-13-15-12-22(21-19-15)16-9-6-8-14(11-16)18(23)20-24/h3-12,24H,1-2,13H2,(H,20,23)/b10-5-,17-7+. The Morgan fingerprint density at radius 3 is 2.92 bits per heavy atom. The van der Waals surface area contributed by atoms with Crippen LogP contribution in [0, 0.1) is 0 Å². The number of hydrogen-bond acceptors (Lipinski definition) is 5. The molecule has 0 aliphatic heterocycles. The number of hydrogen-bond donors (Lipinski definition) is 2. The maximum Gasteiger partial charge on any atom is 0.274 e. The molecule has 0 aliphatic carbocycles. The Bertz CT molecular complexity index is 824.